The fourth-order valence-electron chi connectivity index (χ4n) is 1.55. The van der Waals surface area contributed by atoms with Crippen LogP contribution < -0.4 is 0 Å². The highest BCUT2D eigenvalue weighted by Gasteiger charge is 2.40. The molecule has 3 heteroatoms. The summed E-state index contributed by atoms with van der Waals surface area (Å²) in [5, 5.41) is 0. The van der Waals surface area contributed by atoms with E-state index in [1.54, 1.807) is 0 Å². The molecule has 0 aromatic rings. The number of fused-ring (bicyclic) bond motifs is 1. The normalized spacial score (nSPS) is 36.7. The second-order valence-electron chi connectivity index (χ2n) is 2.94. The van der Waals surface area contributed by atoms with Crippen molar-refractivity contribution >= 4 is 5.97 Å². The highest BCUT2D eigenvalue weighted by Crippen LogP contribution is 2.31. The molecule has 2 atom stereocenters. The summed E-state index contributed by atoms with van der Waals surface area (Å²) in [7, 11) is 0. The minimum absolute atomic E-state index is 0.0451. The summed E-state index contributed by atoms with van der Waals surface area (Å²) >= 11 is 0. The third-order valence-electron chi connectivity index (χ3n) is 2.26. The first-order valence-corrected chi connectivity index (χ1v) is 3.76. The Balaban J connectivity index is 2.18. The van der Waals surface area contributed by atoms with Crippen LogP contribution in [0.5, 0.6) is 0 Å². The predicted octanol–water partition coefficient (Wildman–Crippen LogP) is 0.504. The number of hydrogen-bond acceptors (Lipinski definition) is 3. The third-order valence-corrected chi connectivity index (χ3v) is 2.26. The van der Waals surface area contributed by atoms with E-state index in [9.17, 15) is 4.79 Å². The molecular formula is C8H10O3. The average molecular weight is 154 g/mol. The average Bonchev–Trinajstić information content (AvgIpc) is 2.30. The lowest BCUT2D eigenvalue weighted by Crippen LogP contribution is -2.28. The molecule has 3 nitrogen and oxygen atoms in total. The van der Waals surface area contributed by atoms with E-state index in [2.05, 4.69) is 6.58 Å². The van der Waals surface area contributed by atoms with Gasteiger partial charge in [-0.25, -0.2) is 4.79 Å². The summed E-state index contributed by atoms with van der Waals surface area (Å²) in [5.74, 6) is -0.123. The van der Waals surface area contributed by atoms with E-state index in [1.165, 1.54) is 0 Å². The van der Waals surface area contributed by atoms with E-state index in [-0.39, 0.29) is 18.0 Å². The number of carbonyl (C=O) groups is 1. The van der Waals surface area contributed by atoms with Gasteiger partial charge in [0.05, 0.1) is 19.1 Å². The Morgan fingerprint density at radius 1 is 1.55 bits per heavy atom. The lowest BCUT2D eigenvalue weighted by atomic mass is 9.95. The van der Waals surface area contributed by atoms with Gasteiger partial charge in [0.1, 0.15) is 6.10 Å². The Kier molecular flexibility index (Phi) is 1.46. The van der Waals surface area contributed by atoms with Crippen molar-refractivity contribution in [2.45, 2.75) is 12.5 Å². The standard InChI is InChI=1S/C8H10O3/c1-5-6-4-10-3-2-7(6)11-8(5)9/h6-7H,1-4H2/t6-,7-/m1/s1. The molecule has 2 aliphatic rings. The molecule has 0 amide bonds. The Bertz CT molecular complexity index is 209. The molecule has 0 saturated carbocycles. The maximum Gasteiger partial charge on any atom is 0.334 e. The maximum absolute atomic E-state index is 11.0. The molecular weight excluding hydrogens is 144 g/mol. The van der Waals surface area contributed by atoms with Gasteiger partial charge in [-0.15, -0.1) is 0 Å². The second-order valence-corrected chi connectivity index (χ2v) is 2.94. The van der Waals surface area contributed by atoms with Gasteiger partial charge in [-0.05, 0) is 0 Å². The van der Waals surface area contributed by atoms with Crippen LogP contribution in [0.25, 0.3) is 0 Å². The SMILES string of the molecule is C=C1C(=O)O[C@@H]2CCOC[C@H]12. The number of rotatable bonds is 0. The fraction of sp³-hybridized carbons (Fsp3) is 0.625. The molecule has 0 spiro atoms. The molecule has 0 aromatic heterocycles. The summed E-state index contributed by atoms with van der Waals surface area (Å²) < 4.78 is 10.3. The van der Waals surface area contributed by atoms with Crippen molar-refractivity contribution in [3.63, 3.8) is 0 Å². The van der Waals surface area contributed by atoms with Crippen LogP contribution in [0.3, 0.4) is 0 Å². The number of esters is 1. The molecule has 0 N–H and O–H groups in total. The Labute approximate surface area is 65.0 Å². The Morgan fingerprint density at radius 3 is 3.09 bits per heavy atom. The molecule has 0 radical (unpaired) electrons. The van der Waals surface area contributed by atoms with Gasteiger partial charge in [-0.3, -0.25) is 0 Å². The summed E-state index contributed by atoms with van der Waals surface area (Å²) in [4.78, 5) is 11.0. The van der Waals surface area contributed by atoms with Crippen molar-refractivity contribution in [2.75, 3.05) is 13.2 Å². The van der Waals surface area contributed by atoms with Crippen molar-refractivity contribution in [3.8, 4) is 0 Å². The molecule has 0 aromatic carbocycles. The van der Waals surface area contributed by atoms with Crippen LogP contribution in [0.4, 0.5) is 0 Å². The van der Waals surface area contributed by atoms with E-state index in [0.717, 1.165) is 6.42 Å². The summed E-state index contributed by atoms with van der Waals surface area (Å²) in [6.07, 6.45) is 0.860. The van der Waals surface area contributed by atoms with Gasteiger partial charge in [0.15, 0.2) is 0 Å². The van der Waals surface area contributed by atoms with Crippen molar-refractivity contribution in [1.82, 2.24) is 0 Å². The van der Waals surface area contributed by atoms with Crippen LogP contribution in [0.2, 0.25) is 0 Å². The van der Waals surface area contributed by atoms with Gasteiger partial charge in [0, 0.05) is 12.0 Å². The van der Waals surface area contributed by atoms with Gasteiger partial charge in [0.25, 0.3) is 0 Å². The van der Waals surface area contributed by atoms with Crippen molar-refractivity contribution < 1.29 is 14.3 Å². The molecule has 0 unspecified atom stereocenters. The van der Waals surface area contributed by atoms with E-state index >= 15 is 0 Å². The number of hydrogen-bond donors (Lipinski definition) is 0. The zero-order valence-corrected chi connectivity index (χ0v) is 6.21. The lowest BCUT2D eigenvalue weighted by molar-refractivity contribution is -0.141. The molecule has 2 fully saturated rings. The molecule has 2 saturated heterocycles. The highest BCUT2D eigenvalue weighted by atomic mass is 16.6. The molecule has 2 heterocycles. The van der Waals surface area contributed by atoms with Crippen LogP contribution in [0, 0.1) is 5.92 Å². The van der Waals surface area contributed by atoms with Crippen LogP contribution in [-0.4, -0.2) is 25.3 Å². The quantitative estimate of drug-likeness (QED) is 0.376. The van der Waals surface area contributed by atoms with Gasteiger partial charge >= 0.3 is 5.97 Å². The van der Waals surface area contributed by atoms with Crippen LogP contribution >= 0.6 is 0 Å². The van der Waals surface area contributed by atoms with Crippen molar-refractivity contribution in [2.24, 2.45) is 5.92 Å². The third kappa shape index (κ3) is 0.959. The zero-order chi connectivity index (χ0) is 7.84. The molecule has 11 heavy (non-hydrogen) atoms. The van der Waals surface area contributed by atoms with Crippen LogP contribution in [0.15, 0.2) is 12.2 Å². The van der Waals surface area contributed by atoms with Crippen LogP contribution in [-0.2, 0) is 14.3 Å². The summed E-state index contributed by atoms with van der Waals surface area (Å²) in [6.45, 7) is 4.95. The van der Waals surface area contributed by atoms with Crippen LogP contribution in [0.1, 0.15) is 6.42 Å². The second kappa shape index (κ2) is 2.34. The van der Waals surface area contributed by atoms with E-state index in [0.29, 0.717) is 18.8 Å². The predicted molar refractivity (Wildman–Crippen MR) is 37.9 cm³/mol. The smallest absolute Gasteiger partial charge is 0.334 e. The first-order valence-electron chi connectivity index (χ1n) is 3.76. The first kappa shape index (κ1) is 6.85. The zero-order valence-electron chi connectivity index (χ0n) is 6.21. The molecule has 0 bridgehead atoms. The largest absolute Gasteiger partial charge is 0.458 e. The van der Waals surface area contributed by atoms with Crippen molar-refractivity contribution in [1.29, 1.82) is 0 Å². The van der Waals surface area contributed by atoms with Gasteiger partial charge in [-0.2, -0.15) is 0 Å². The first-order chi connectivity index (χ1) is 5.29. The molecule has 0 aliphatic carbocycles. The van der Waals surface area contributed by atoms with E-state index in [1.807, 2.05) is 0 Å². The van der Waals surface area contributed by atoms with Gasteiger partial charge in [-0.1, -0.05) is 6.58 Å². The summed E-state index contributed by atoms with van der Waals surface area (Å²) in [5.41, 5.74) is 0.578. The highest BCUT2D eigenvalue weighted by molar-refractivity contribution is 5.90. The minimum atomic E-state index is -0.245. The number of ether oxygens (including phenoxy) is 2. The van der Waals surface area contributed by atoms with E-state index in [4.69, 9.17) is 9.47 Å². The summed E-state index contributed by atoms with van der Waals surface area (Å²) in [6, 6.07) is 0. The van der Waals surface area contributed by atoms with Crippen molar-refractivity contribution in [3.05, 3.63) is 12.2 Å². The van der Waals surface area contributed by atoms with Gasteiger partial charge < -0.3 is 9.47 Å². The van der Waals surface area contributed by atoms with Gasteiger partial charge in [0.2, 0.25) is 0 Å². The molecule has 60 valence electrons. The Morgan fingerprint density at radius 2 is 2.36 bits per heavy atom. The topological polar surface area (TPSA) is 35.5 Å². The van der Waals surface area contributed by atoms with E-state index < -0.39 is 0 Å². The minimum Gasteiger partial charge on any atom is -0.458 e. The Hall–Kier alpha value is -0.830. The molecule has 2 rings (SSSR count). The maximum atomic E-state index is 11.0. The lowest BCUT2D eigenvalue weighted by Gasteiger charge is -2.22. The molecule has 2 aliphatic heterocycles. The monoisotopic (exact) mass is 154 g/mol. The number of carbonyl (C=O) groups excluding carboxylic acids is 1. The fourth-order valence-corrected chi connectivity index (χ4v) is 1.55.